The molecule has 0 aliphatic carbocycles. The Kier molecular flexibility index (Phi) is 6.36. The molecule has 11 heteroatoms. The van der Waals surface area contributed by atoms with Crippen molar-refractivity contribution in [2.24, 2.45) is 7.05 Å². The van der Waals surface area contributed by atoms with Gasteiger partial charge in [0.2, 0.25) is 17.6 Å². The van der Waals surface area contributed by atoms with Gasteiger partial charge in [0.25, 0.3) is 5.89 Å². The standard InChI is InChI=1S/C21H20N6O4S/c1-27-19(20-23-18(26-31-20)13-7-5-4-6-8-13)24-25-21(27)32-12-17(28)22-14-9-10-15(29-2)16(11-14)30-3/h4-11H,12H2,1-3H3,(H,22,28). The van der Waals surface area contributed by atoms with E-state index in [1.807, 2.05) is 30.3 Å². The quantitative estimate of drug-likeness (QED) is 0.402. The number of carbonyl (C=O) groups is 1. The van der Waals surface area contributed by atoms with Crippen LogP contribution in [-0.2, 0) is 11.8 Å². The van der Waals surface area contributed by atoms with E-state index in [0.717, 1.165) is 5.56 Å². The van der Waals surface area contributed by atoms with Crippen molar-refractivity contribution in [1.29, 1.82) is 0 Å². The van der Waals surface area contributed by atoms with Crippen molar-refractivity contribution >= 4 is 23.4 Å². The number of anilines is 1. The maximum atomic E-state index is 12.4. The van der Waals surface area contributed by atoms with Gasteiger partial charge < -0.3 is 23.9 Å². The fraction of sp³-hybridized carbons (Fsp3) is 0.190. The van der Waals surface area contributed by atoms with Gasteiger partial charge in [0.1, 0.15) is 0 Å². The maximum Gasteiger partial charge on any atom is 0.296 e. The number of aromatic nitrogens is 5. The molecule has 0 atom stereocenters. The highest BCUT2D eigenvalue weighted by Crippen LogP contribution is 2.30. The third-order valence-corrected chi connectivity index (χ3v) is 5.50. The second-order valence-electron chi connectivity index (χ2n) is 6.56. The fourth-order valence-electron chi connectivity index (χ4n) is 2.89. The average Bonchev–Trinajstić information content (AvgIpc) is 3.45. The molecule has 0 spiro atoms. The zero-order valence-corrected chi connectivity index (χ0v) is 18.4. The smallest absolute Gasteiger partial charge is 0.296 e. The highest BCUT2D eigenvalue weighted by molar-refractivity contribution is 7.99. The van der Waals surface area contributed by atoms with Gasteiger partial charge in [0.15, 0.2) is 16.7 Å². The van der Waals surface area contributed by atoms with E-state index in [0.29, 0.717) is 34.0 Å². The largest absolute Gasteiger partial charge is 0.493 e. The van der Waals surface area contributed by atoms with Crippen LogP contribution in [0.5, 0.6) is 11.5 Å². The predicted octanol–water partition coefficient (Wildman–Crippen LogP) is 3.28. The molecular weight excluding hydrogens is 432 g/mol. The number of carbonyl (C=O) groups excluding carboxylic acids is 1. The molecule has 0 aliphatic rings. The Morgan fingerprint density at radius 2 is 1.88 bits per heavy atom. The third-order valence-electron chi connectivity index (χ3n) is 4.48. The number of nitrogens with one attached hydrogen (secondary N) is 1. The van der Waals surface area contributed by atoms with E-state index in [-0.39, 0.29) is 17.6 Å². The number of methoxy groups -OCH3 is 2. The molecular formula is C21H20N6O4S. The summed E-state index contributed by atoms with van der Waals surface area (Å²) in [5.41, 5.74) is 1.44. The second-order valence-corrected chi connectivity index (χ2v) is 7.50. The first-order chi connectivity index (χ1) is 15.6. The molecule has 10 nitrogen and oxygen atoms in total. The first-order valence-corrected chi connectivity index (χ1v) is 10.5. The van der Waals surface area contributed by atoms with Crippen LogP contribution in [0.2, 0.25) is 0 Å². The first-order valence-electron chi connectivity index (χ1n) is 9.52. The lowest BCUT2D eigenvalue weighted by Gasteiger charge is -2.10. The Labute approximate surface area is 188 Å². The van der Waals surface area contributed by atoms with Crippen molar-refractivity contribution in [3.8, 4) is 34.6 Å². The van der Waals surface area contributed by atoms with Crippen LogP contribution in [0.4, 0.5) is 5.69 Å². The number of thioether (sulfide) groups is 1. The SMILES string of the molecule is COc1ccc(NC(=O)CSc2nnc(-c3nc(-c4ccccc4)no3)n2C)cc1OC. The minimum absolute atomic E-state index is 0.138. The summed E-state index contributed by atoms with van der Waals surface area (Å²) in [6.45, 7) is 0. The van der Waals surface area contributed by atoms with E-state index in [2.05, 4.69) is 25.7 Å². The summed E-state index contributed by atoms with van der Waals surface area (Å²) in [5, 5.41) is 15.6. The molecule has 4 aromatic rings. The molecule has 0 radical (unpaired) electrons. The predicted molar refractivity (Wildman–Crippen MR) is 119 cm³/mol. The lowest BCUT2D eigenvalue weighted by molar-refractivity contribution is -0.113. The van der Waals surface area contributed by atoms with E-state index in [4.69, 9.17) is 14.0 Å². The minimum atomic E-state index is -0.198. The number of hydrogen-bond donors (Lipinski definition) is 1. The molecule has 2 aromatic carbocycles. The second kappa shape index (κ2) is 9.52. The molecule has 32 heavy (non-hydrogen) atoms. The third kappa shape index (κ3) is 4.57. The van der Waals surface area contributed by atoms with Gasteiger partial charge in [-0.3, -0.25) is 4.79 Å². The summed E-state index contributed by atoms with van der Waals surface area (Å²) in [6.07, 6.45) is 0. The van der Waals surface area contributed by atoms with Gasteiger partial charge in [-0.05, 0) is 12.1 Å². The molecule has 1 amide bonds. The Morgan fingerprint density at radius 3 is 2.62 bits per heavy atom. The molecule has 0 bridgehead atoms. The summed E-state index contributed by atoms with van der Waals surface area (Å²) in [5.74, 6) is 2.19. The lowest BCUT2D eigenvalue weighted by atomic mass is 10.2. The van der Waals surface area contributed by atoms with Crippen LogP contribution >= 0.6 is 11.8 Å². The average molecular weight is 452 g/mol. The van der Waals surface area contributed by atoms with E-state index in [1.165, 1.54) is 18.9 Å². The summed E-state index contributed by atoms with van der Waals surface area (Å²) in [6, 6.07) is 14.7. The van der Waals surface area contributed by atoms with Crippen LogP contribution in [0.25, 0.3) is 23.1 Å². The molecule has 2 aromatic heterocycles. The molecule has 164 valence electrons. The number of nitrogens with zero attached hydrogens (tertiary/aromatic N) is 5. The molecule has 0 aliphatic heterocycles. The van der Waals surface area contributed by atoms with Crippen LogP contribution in [0.3, 0.4) is 0 Å². The van der Waals surface area contributed by atoms with Crippen molar-refractivity contribution < 1.29 is 18.8 Å². The topological polar surface area (TPSA) is 117 Å². The van der Waals surface area contributed by atoms with Crippen LogP contribution < -0.4 is 14.8 Å². The highest BCUT2D eigenvalue weighted by atomic mass is 32.2. The number of hydrogen-bond acceptors (Lipinski definition) is 9. The van der Waals surface area contributed by atoms with E-state index < -0.39 is 0 Å². The molecule has 0 saturated carbocycles. The molecule has 0 fully saturated rings. The lowest BCUT2D eigenvalue weighted by Crippen LogP contribution is -2.14. The van der Waals surface area contributed by atoms with Crippen LogP contribution in [0, 0.1) is 0 Å². The van der Waals surface area contributed by atoms with Crippen molar-refractivity contribution in [3.05, 3.63) is 48.5 Å². The number of ether oxygens (including phenoxy) is 2. The van der Waals surface area contributed by atoms with Gasteiger partial charge in [-0.25, -0.2) is 0 Å². The van der Waals surface area contributed by atoms with Gasteiger partial charge >= 0.3 is 0 Å². The van der Waals surface area contributed by atoms with Gasteiger partial charge in [0.05, 0.1) is 20.0 Å². The summed E-state index contributed by atoms with van der Waals surface area (Å²) in [7, 11) is 4.87. The number of rotatable bonds is 8. The van der Waals surface area contributed by atoms with Crippen LogP contribution in [0.15, 0.2) is 58.2 Å². The Balaban J connectivity index is 1.40. The van der Waals surface area contributed by atoms with Crippen molar-refractivity contribution in [3.63, 3.8) is 0 Å². The Hall–Kier alpha value is -3.86. The monoisotopic (exact) mass is 452 g/mol. The van der Waals surface area contributed by atoms with Crippen molar-refractivity contribution in [2.75, 3.05) is 25.3 Å². The molecule has 0 unspecified atom stereocenters. The van der Waals surface area contributed by atoms with Crippen molar-refractivity contribution in [2.45, 2.75) is 5.16 Å². The van der Waals surface area contributed by atoms with E-state index in [1.54, 1.807) is 36.9 Å². The van der Waals surface area contributed by atoms with Gasteiger partial charge in [-0.1, -0.05) is 47.3 Å². The zero-order chi connectivity index (χ0) is 22.5. The van der Waals surface area contributed by atoms with Crippen LogP contribution in [0.1, 0.15) is 0 Å². The number of benzene rings is 2. The van der Waals surface area contributed by atoms with Gasteiger partial charge in [-0.2, -0.15) is 4.98 Å². The molecule has 4 rings (SSSR count). The Bertz CT molecular complexity index is 1220. The maximum absolute atomic E-state index is 12.4. The summed E-state index contributed by atoms with van der Waals surface area (Å²) < 4.78 is 17.5. The zero-order valence-electron chi connectivity index (χ0n) is 17.6. The van der Waals surface area contributed by atoms with E-state index in [9.17, 15) is 4.79 Å². The molecule has 0 saturated heterocycles. The summed E-state index contributed by atoms with van der Waals surface area (Å²) in [4.78, 5) is 16.8. The Morgan fingerprint density at radius 1 is 1.09 bits per heavy atom. The minimum Gasteiger partial charge on any atom is -0.493 e. The van der Waals surface area contributed by atoms with Gasteiger partial charge in [0, 0.05) is 24.4 Å². The highest BCUT2D eigenvalue weighted by Gasteiger charge is 2.19. The van der Waals surface area contributed by atoms with E-state index >= 15 is 0 Å². The van der Waals surface area contributed by atoms with Crippen molar-refractivity contribution in [1.82, 2.24) is 24.9 Å². The summed E-state index contributed by atoms with van der Waals surface area (Å²) >= 11 is 1.24. The van der Waals surface area contributed by atoms with Gasteiger partial charge in [-0.15, -0.1) is 10.2 Å². The fourth-order valence-corrected chi connectivity index (χ4v) is 3.60. The first kappa shape index (κ1) is 21.4. The molecule has 1 N–H and O–H groups in total. The molecule has 2 heterocycles. The number of amides is 1. The normalized spacial score (nSPS) is 10.7. The van der Waals surface area contributed by atoms with Crippen LogP contribution in [-0.4, -0.2) is 50.8 Å².